The van der Waals surface area contributed by atoms with Crippen LogP contribution >= 0.6 is 11.6 Å². The van der Waals surface area contributed by atoms with Crippen molar-refractivity contribution in [1.29, 1.82) is 0 Å². The Kier molecular flexibility index (Phi) is 4.17. The summed E-state index contributed by atoms with van der Waals surface area (Å²) < 4.78 is 39.9. The lowest BCUT2D eigenvalue weighted by Gasteiger charge is -2.09. The SMILES string of the molecule is NCc1cc(S(=O)(=O)Nc2ncccn2)cc(F)c1Cl. The topological polar surface area (TPSA) is 98.0 Å². The van der Waals surface area contributed by atoms with Crippen molar-refractivity contribution in [2.45, 2.75) is 11.4 Å². The van der Waals surface area contributed by atoms with Crippen molar-refractivity contribution in [3.63, 3.8) is 0 Å². The van der Waals surface area contributed by atoms with Crippen LogP contribution in [0.3, 0.4) is 0 Å². The zero-order valence-corrected chi connectivity index (χ0v) is 11.6. The fraction of sp³-hybridized carbons (Fsp3) is 0.0909. The highest BCUT2D eigenvalue weighted by atomic mass is 35.5. The molecule has 6 nitrogen and oxygen atoms in total. The van der Waals surface area contributed by atoms with Gasteiger partial charge in [0.2, 0.25) is 5.95 Å². The Bertz CT molecular complexity index is 725. The lowest BCUT2D eigenvalue weighted by atomic mass is 10.2. The second-order valence-electron chi connectivity index (χ2n) is 3.76. The van der Waals surface area contributed by atoms with Crippen molar-refractivity contribution in [1.82, 2.24) is 9.97 Å². The monoisotopic (exact) mass is 316 g/mol. The fourth-order valence-corrected chi connectivity index (χ4v) is 2.66. The summed E-state index contributed by atoms with van der Waals surface area (Å²) in [5.41, 5.74) is 5.59. The lowest BCUT2D eigenvalue weighted by molar-refractivity contribution is 0.594. The van der Waals surface area contributed by atoms with E-state index in [-0.39, 0.29) is 28.0 Å². The van der Waals surface area contributed by atoms with Crippen LogP contribution in [0.4, 0.5) is 10.3 Å². The van der Waals surface area contributed by atoms with Crippen molar-refractivity contribution in [3.8, 4) is 0 Å². The van der Waals surface area contributed by atoms with Crippen molar-refractivity contribution in [2.75, 3.05) is 4.72 Å². The first-order chi connectivity index (χ1) is 9.44. The molecule has 2 aromatic rings. The number of anilines is 1. The molecular formula is C11H10ClFN4O2S. The van der Waals surface area contributed by atoms with E-state index in [4.69, 9.17) is 17.3 Å². The number of nitrogens with one attached hydrogen (secondary N) is 1. The van der Waals surface area contributed by atoms with Gasteiger partial charge in [-0.25, -0.2) is 27.5 Å². The molecule has 0 fully saturated rings. The van der Waals surface area contributed by atoms with Crippen LogP contribution in [0.2, 0.25) is 5.02 Å². The van der Waals surface area contributed by atoms with Crippen LogP contribution in [0.15, 0.2) is 35.5 Å². The predicted octanol–water partition coefficient (Wildman–Crippen LogP) is 1.53. The molecule has 20 heavy (non-hydrogen) atoms. The number of nitrogens with zero attached hydrogens (tertiary/aromatic N) is 2. The first-order valence-electron chi connectivity index (χ1n) is 5.42. The molecule has 0 unspecified atom stereocenters. The van der Waals surface area contributed by atoms with E-state index < -0.39 is 15.8 Å². The minimum atomic E-state index is -4.01. The highest BCUT2D eigenvalue weighted by Gasteiger charge is 2.19. The van der Waals surface area contributed by atoms with Crippen LogP contribution in [0, 0.1) is 5.82 Å². The number of halogens is 2. The van der Waals surface area contributed by atoms with Crippen LogP contribution in [-0.2, 0) is 16.6 Å². The summed E-state index contributed by atoms with van der Waals surface area (Å²) in [6, 6.07) is 3.55. The lowest BCUT2D eigenvalue weighted by Crippen LogP contribution is -2.16. The molecule has 1 heterocycles. The van der Waals surface area contributed by atoms with Gasteiger partial charge in [0, 0.05) is 18.9 Å². The summed E-state index contributed by atoms with van der Waals surface area (Å²) in [6.45, 7) is -0.0824. The van der Waals surface area contributed by atoms with Crippen LogP contribution in [0.5, 0.6) is 0 Å². The molecule has 0 saturated heterocycles. The molecule has 0 spiro atoms. The van der Waals surface area contributed by atoms with E-state index in [0.717, 1.165) is 6.07 Å². The largest absolute Gasteiger partial charge is 0.326 e. The molecule has 1 aromatic carbocycles. The van der Waals surface area contributed by atoms with Crippen molar-refractivity contribution < 1.29 is 12.8 Å². The van der Waals surface area contributed by atoms with Crippen LogP contribution in [0.1, 0.15) is 5.56 Å². The summed E-state index contributed by atoms with van der Waals surface area (Å²) in [5, 5.41) is -0.192. The number of hydrogen-bond acceptors (Lipinski definition) is 5. The number of benzene rings is 1. The van der Waals surface area contributed by atoms with Gasteiger partial charge in [-0.05, 0) is 23.8 Å². The number of hydrogen-bond donors (Lipinski definition) is 2. The Morgan fingerprint density at radius 1 is 1.30 bits per heavy atom. The van der Waals surface area contributed by atoms with Crippen LogP contribution in [-0.4, -0.2) is 18.4 Å². The van der Waals surface area contributed by atoms with Gasteiger partial charge >= 0.3 is 0 Å². The molecule has 106 valence electrons. The minimum absolute atomic E-state index is 0.0824. The molecule has 2 rings (SSSR count). The predicted molar refractivity (Wildman–Crippen MR) is 72.1 cm³/mol. The maximum atomic E-state index is 13.6. The van der Waals surface area contributed by atoms with Crippen molar-refractivity contribution >= 4 is 27.6 Å². The van der Waals surface area contributed by atoms with E-state index in [1.165, 1.54) is 24.5 Å². The van der Waals surface area contributed by atoms with Gasteiger partial charge in [0.25, 0.3) is 10.0 Å². The quantitative estimate of drug-likeness (QED) is 0.891. The molecule has 3 N–H and O–H groups in total. The first kappa shape index (κ1) is 14.6. The number of nitrogens with two attached hydrogens (primary N) is 1. The highest BCUT2D eigenvalue weighted by molar-refractivity contribution is 7.92. The molecule has 0 bridgehead atoms. The van der Waals surface area contributed by atoms with E-state index >= 15 is 0 Å². The van der Waals surface area contributed by atoms with E-state index in [2.05, 4.69) is 14.7 Å². The first-order valence-corrected chi connectivity index (χ1v) is 7.28. The Morgan fingerprint density at radius 2 is 1.95 bits per heavy atom. The maximum Gasteiger partial charge on any atom is 0.264 e. The highest BCUT2D eigenvalue weighted by Crippen LogP contribution is 2.24. The van der Waals surface area contributed by atoms with E-state index in [1.807, 2.05) is 0 Å². The third kappa shape index (κ3) is 3.03. The van der Waals surface area contributed by atoms with Gasteiger partial charge in [0.15, 0.2) is 0 Å². The second-order valence-corrected chi connectivity index (χ2v) is 5.82. The zero-order chi connectivity index (χ0) is 14.8. The van der Waals surface area contributed by atoms with E-state index in [1.54, 1.807) is 0 Å². The summed E-state index contributed by atoms with van der Waals surface area (Å²) in [6.07, 6.45) is 2.75. The Hall–Kier alpha value is -1.77. The molecular weight excluding hydrogens is 307 g/mol. The molecule has 9 heteroatoms. The summed E-state index contributed by atoms with van der Waals surface area (Å²) in [7, 11) is -4.01. The zero-order valence-electron chi connectivity index (χ0n) is 10.0. The maximum absolute atomic E-state index is 13.6. The average Bonchev–Trinajstić information content (AvgIpc) is 2.42. The molecule has 0 aliphatic carbocycles. The summed E-state index contributed by atoms with van der Waals surface area (Å²) in [5.74, 6) is -0.971. The standard InChI is InChI=1S/C11H10ClFN4O2S/c12-10-7(6-14)4-8(5-9(10)13)20(18,19)17-11-15-2-1-3-16-11/h1-5H,6,14H2,(H,15,16,17). The molecule has 0 atom stereocenters. The van der Waals surface area contributed by atoms with Gasteiger partial charge < -0.3 is 5.73 Å². The third-order valence-corrected chi connectivity index (χ3v) is 4.13. The van der Waals surface area contributed by atoms with Gasteiger partial charge in [-0.1, -0.05) is 11.6 Å². The van der Waals surface area contributed by atoms with E-state index in [0.29, 0.717) is 0 Å². The molecule has 0 aliphatic rings. The van der Waals surface area contributed by atoms with Crippen LogP contribution in [0.25, 0.3) is 0 Å². The Balaban J connectivity index is 2.42. The summed E-state index contributed by atoms with van der Waals surface area (Å²) >= 11 is 5.68. The normalized spacial score (nSPS) is 11.3. The van der Waals surface area contributed by atoms with Gasteiger partial charge in [0.1, 0.15) is 5.82 Å². The average molecular weight is 317 g/mol. The molecule has 1 aromatic heterocycles. The smallest absolute Gasteiger partial charge is 0.264 e. The molecule has 0 aliphatic heterocycles. The van der Waals surface area contributed by atoms with Gasteiger partial charge in [-0.2, -0.15) is 0 Å². The number of rotatable bonds is 4. The minimum Gasteiger partial charge on any atom is -0.326 e. The van der Waals surface area contributed by atoms with Gasteiger partial charge in [-0.15, -0.1) is 0 Å². The number of aromatic nitrogens is 2. The van der Waals surface area contributed by atoms with Gasteiger partial charge in [0.05, 0.1) is 9.92 Å². The van der Waals surface area contributed by atoms with Crippen molar-refractivity contribution in [3.05, 3.63) is 47.0 Å². The van der Waals surface area contributed by atoms with Gasteiger partial charge in [-0.3, -0.25) is 0 Å². The van der Waals surface area contributed by atoms with Crippen molar-refractivity contribution in [2.24, 2.45) is 5.73 Å². The second kappa shape index (κ2) is 5.70. The van der Waals surface area contributed by atoms with Crippen LogP contribution < -0.4 is 10.5 Å². The molecule has 0 saturated carbocycles. The molecule has 0 radical (unpaired) electrons. The molecule has 0 amide bonds. The fourth-order valence-electron chi connectivity index (χ4n) is 1.45. The Labute approximate surface area is 119 Å². The number of sulfonamides is 1. The Morgan fingerprint density at radius 3 is 2.55 bits per heavy atom. The summed E-state index contributed by atoms with van der Waals surface area (Å²) in [4.78, 5) is 7.15. The van der Waals surface area contributed by atoms with E-state index in [9.17, 15) is 12.8 Å². The third-order valence-electron chi connectivity index (χ3n) is 2.40.